The SMILES string of the molecule is C[Si](C)(C)OC(C(O)[Si](C)(C)C)(C(O[Si](C)(C)C)([Si](C)(C)C)[Si](C)(C)C)[Si](C)(C)C. The van der Waals surface area contributed by atoms with Gasteiger partial charge in [-0.25, -0.2) is 0 Å². The van der Waals surface area contributed by atoms with Crippen LogP contribution in [0.1, 0.15) is 0 Å². The average molecular weight is 525 g/mol. The number of aliphatic hydroxyl groups excluding tert-OH is 1. The van der Waals surface area contributed by atoms with Crippen molar-refractivity contribution in [2.24, 2.45) is 0 Å². The summed E-state index contributed by atoms with van der Waals surface area (Å²) >= 11 is 0. The minimum Gasteiger partial charge on any atom is -0.415 e. The van der Waals surface area contributed by atoms with Crippen LogP contribution < -0.4 is 0 Å². The molecule has 1 N–H and O–H groups in total. The molecule has 0 saturated heterocycles. The lowest BCUT2D eigenvalue weighted by atomic mass is 10.3. The summed E-state index contributed by atoms with van der Waals surface area (Å²) in [4.78, 5) is -0.359. The topological polar surface area (TPSA) is 38.7 Å². The largest absolute Gasteiger partial charge is 0.415 e. The molecular weight excluding hydrogens is 469 g/mol. The van der Waals surface area contributed by atoms with Gasteiger partial charge < -0.3 is 14.0 Å². The van der Waals surface area contributed by atoms with Crippen molar-refractivity contribution in [3.63, 3.8) is 0 Å². The molecule has 9 heteroatoms. The first-order valence-electron chi connectivity index (χ1n) is 11.7. The Morgan fingerprint density at radius 3 is 0.967 bits per heavy atom. The fraction of sp³-hybridized carbons (Fsp3) is 1.00. The Balaban J connectivity index is 8.01. The molecule has 0 radical (unpaired) electrons. The maximum Gasteiger partial charge on any atom is 0.184 e. The Hall–Kier alpha value is 1.18. The third-order valence-electron chi connectivity index (χ3n) is 5.88. The summed E-state index contributed by atoms with van der Waals surface area (Å²) in [6.45, 7) is 43.0. The van der Waals surface area contributed by atoms with Crippen LogP contribution in [0.25, 0.3) is 0 Å². The van der Waals surface area contributed by atoms with E-state index in [-0.39, 0.29) is 4.85 Å². The maximum atomic E-state index is 12.4. The summed E-state index contributed by atoms with van der Waals surface area (Å²) in [5, 5.41) is 11.8. The van der Waals surface area contributed by atoms with Gasteiger partial charge in [-0.1, -0.05) is 78.6 Å². The van der Waals surface area contributed by atoms with E-state index in [9.17, 15) is 5.11 Å². The minimum absolute atomic E-state index is 0.359. The Bertz CT molecular complexity index is 569. The van der Waals surface area contributed by atoms with Gasteiger partial charge >= 0.3 is 0 Å². The van der Waals surface area contributed by atoms with Gasteiger partial charge in [0.25, 0.3) is 0 Å². The first-order chi connectivity index (χ1) is 12.6. The van der Waals surface area contributed by atoms with Crippen LogP contribution in [-0.4, -0.2) is 69.8 Å². The van der Waals surface area contributed by atoms with Crippen LogP contribution in [0.2, 0.25) is 118 Å². The van der Waals surface area contributed by atoms with Gasteiger partial charge in [0, 0.05) is 0 Å². The van der Waals surface area contributed by atoms with E-state index in [0.717, 1.165) is 0 Å². The third kappa shape index (κ3) is 6.19. The fourth-order valence-electron chi connectivity index (χ4n) is 5.58. The zero-order valence-corrected chi connectivity index (χ0v) is 29.8. The Morgan fingerprint density at radius 2 is 0.800 bits per heavy atom. The molecule has 0 bridgehead atoms. The molecule has 0 heterocycles. The van der Waals surface area contributed by atoms with Crippen molar-refractivity contribution < 1.29 is 14.0 Å². The molecule has 0 aromatic carbocycles. The van der Waals surface area contributed by atoms with Gasteiger partial charge in [-0.05, 0) is 39.3 Å². The zero-order valence-electron chi connectivity index (χ0n) is 23.8. The van der Waals surface area contributed by atoms with Crippen molar-refractivity contribution in [3.05, 3.63) is 0 Å². The molecule has 0 rings (SSSR count). The number of hydrogen-bond acceptors (Lipinski definition) is 3. The van der Waals surface area contributed by atoms with Crippen LogP contribution in [0.5, 0.6) is 0 Å². The van der Waals surface area contributed by atoms with Gasteiger partial charge in [0.15, 0.2) is 16.6 Å². The maximum absolute atomic E-state index is 12.4. The molecule has 30 heavy (non-hydrogen) atoms. The summed E-state index contributed by atoms with van der Waals surface area (Å²) in [5.74, 6) is 0. The van der Waals surface area contributed by atoms with E-state index >= 15 is 0 Å². The van der Waals surface area contributed by atoms with Gasteiger partial charge in [0.1, 0.15) is 0 Å². The summed E-state index contributed by atoms with van der Waals surface area (Å²) in [5.41, 5.74) is -0.446. The molecule has 0 amide bonds. The van der Waals surface area contributed by atoms with E-state index in [1.807, 2.05) is 0 Å². The van der Waals surface area contributed by atoms with Crippen LogP contribution in [0, 0.1) is 0 Å². The highest BCUT2D eigenvalue weighted by atomic mass is 28.4. The van der Waals surface area contributed by atoms with Crippen molar-refractivity contribution in [1.82, 2.24) is 0 Å². The van der Waals surface area contributed by atoms with E-state index in [2.05, 4.69) is 118 Å². The van der Waals surface area contributed by atoms with Gasteiger partial charge in [0.05, 0.1) is 48.1 Å². The molecule has 182 valence electrons. The molecule has 0 saturated carbocycles. The van der Waals surface area contributed by atoms with E-state index in [1.54, 1.807) is 0 Å². The van der Waals surface area contributed by atoms with Crippen molar-refractivity contribution in [3.8, 4) is 0 Å². The smallest absolute Gasteiger partial charge is 0.184 e. The average Bonchev–Trinajstić information content (AvgIpc) is 2.34. The lowest BCUT2D eigenvalue weighted by molar-refractivity contribution is -0.0496. The normalized spacial score (nSPS) is 18.9. The summed E-state index contributed by atoms with van der Waals surface area (Å²) < 4.78 is 15.1. The highest BCUT2D eigenvalue weighted by Crippen LogP contribution is 2.54. The molecule has 0 aromatic heterocycles. The quantitative estimate of drug-likeness (QED) is 0.311. The van der Waals surface area contributed by atoms with E-state index < -0.39 is 59.9 Å². The van der Waals surface area contributed by atoms with E-state index in [0.29, 0.717) is 0 Å². The van der Waals surface area contributed by atoms with Crippen molar-refractivity contribution in [2.45, 2.75) is 134 Å². The molecule has 2 unspecified atom stereocenters. The first kappa shape index (κ1) is 31.2. The van der Waals surface area contributed by atoms with Crippen molar-refractivity contribution in [1.29, 1.82) is 0 Å². The lowest BCUT2D eigenvalue weighted by Crippen LogP contribution is -2.91. The molecule has 0 fully saturated rings. The Labute approximate surface area is 196 Å². The molecule has 0 aromatic rings. The van der Waals surface area contributed by atoms with E-state index in [4.69, 9.17) is 8.85 Å². The standard InChI is InChI=1S/C21H56O3Si6/c1-25(2,3)19(22)20(26(4,5)6,23-29(13,14)15)21(27(7,8)9,28(10,11)12)24-30(16,17)18/h19,22H,1-18H3. The summed E-state index contributed by atoms with van der Waals surface area (Å²) in [7, 11) is -12.1. The third-order valence-corrected chi connectivity index (χ3v) is 23.8. The highest BCUT2D eigenvalue weighted by molar-refractivity contribution is 7.03. The van der Waals surface area contributed by atoms with Gasteiger partial charge in [-0.2, -0.15) is 0 Å². The molecule has 0 aliphatic rings. The zero-order chi connectivity index (χ0) is 25.0. The highest BCUT2D eigenvalue weighted by Gasteiger charge is 2.74. The fourth-order valence-corrected chi connectivity index (χ4v) is 37.1. The Kier molecular flexibility index (Phi) is 9.10. The second-order valence-corrected chi connectivity index (χ2v) is 45.7. The predicted octanol–water partition coefficient (Wildman–Crippen LogP) is 7.04. The van der Waals surface area contributed by atoms with Crippen LogP contribution >= 0.6 is 0 Å². The first-order valence-corrected chi connectivity index (χ1v) is 32.5. The Morgan fingerprint density at radius 1 is 0.500 bits per heavy atom. The van der Waals surface area contributed by atoms with Crippen LogP contribution in [0.4, 0.5) is 0 Å². The minimum atomic E-state index is -2.11. The number of hydrogen-bond donors (Lipinski definition) is 1. The predicted molar refractivity (Wildman–Crippen MR) is 154 cm³/mol. The van der Waals surface area contributed by atoms with Crippen molar-refractivity contribution >= 4 is 48.9 Å². The second-order valence-electron chi connectivity index (χ2n) is 15.4. The summed E-state index contributed by atoms with van der Waals surface area (Å²) in [6.07, 6.45) is 0. The molecule has 2 atom stereocenters. The second kappa shape index (κ2) is 8.75. The number of rotatable bonds is 10. The molecule has 3 nitrogen and oxygen atoms in total. The summed E-state index contributed by atoms with van der Waals surface area (Å²) in [6, 6.07) is 0. The van der Waals surface area contributed by atoms with E-state index in [1.165, 1.54) is 0 Å². The van der Waals surface area contributed by atoms with Crippen molar-refractivity contribution in [2.75, 3.05) is 0 Å². The van der Waals surface area contributed by atoms with Gasteiger partial charge in [-0.3, -0.25) is 0 Å². The number of aliphatic hydroxyl groups is 1. The molecule has 0 aliphatic carbocycles. The monoisotopic (exact) mass is 524 g/mol. The van der Waals surface area contributed by atoms with Crippen LogP contribution in [0.15, 0.2) is 0 Å². The van der Waals surface area contributed by atoms with Gasteiger partial charge in [0.2, 0.25) is 0 Å². The molecular formula is C21H56O3Si6. The molecule has 0 aliphatic heterocycles. The lowest BCUT2D eigenvalue weighted by Gasteiger charge is -2.70. The van der Waals surface area contributed by atoms with Crippen LogP contribution in [-0.2, 0) is 8.85 Å². The molecule has 0 spiro atoms. The van der Waals surface area contributed by atoms with Crippen LogP contribution in [0.3, 0.4) is 0 Å². The van der Waals surface area contributed by atoms with Gasteiger partial charge in [-0.15, -0.1) is 0 Å².